The van der Waals surface area contributed by atoms with Gasteiger partial charge in [-0.25, -0.2) is 0 Å². The lowest BCUT2D eigenvalue weighted by Crippen LogP contribution is -2.31. The van der Waals surface area contributed by atoms with Crippen molar-refractivity contribution >= 4 is 27.3 Å². The predicted octanol–water partition coefficient (Wildman–Crippen LogP) is 4.49. The highest BCUT2D eigenvalue weighted by Crippen LogP contribution is 2.58. The van der Waals surface area contributed by atoms with Crippen LogP contribution in [0.1, 0.15) is 31.2 Å². The van der Waals surface area contributed by atoms with Crippen LogP contribution in [-0.2, 0) is 6.42 Å². The molecular formula is C13H17BrS. The van der Waals surface area contributed by atoms with Gasteiger partial charge in [-0.15, -0.1) is 0 Å². The molecule has 1 aromatic heterocycles. The van der Waals surface area contributed by atoms with Gasteiger partial charge < -0.3 is 0 Å². The zero-order valence-corrected chi connectivity index (χ0v) is 11.3. The molecule has 2 bridgehead atoms. The van der Waals surface area contributed by atoms with E-state index >= 15 is 0 Å². The second kappa shape index (κ2) is 3.89. The van der Waals surface area contributed by atoms with E-state index < -0.39 is 0 Å². The summed E-state index contributed by atoms with van der Waals surface area (Å²) in [7, 11) is 0. The zero-order chi connectivity index (χ0) is 10.3. The zero-order valence-electron chi connectivity index (χ0n) is 8.92. The third-order valence-corrected chi connectivity index (χ3v) is 6.35. The van der Waals surface area contributed by atoms with Crippen molar-refractivity contribution in [3.8, 4) is 0 Å². The molecule has 3 atom stereocenters. The Morgan fingerprint density at radius 2 is 2.40 bits per heavy atom. The van der Waals surface area contributed by atoms with Crippen LogP contribution < -0.4 is 0 Å². The maximum absolute atomic E-state index is 3.78. The summed E-state index contributed by atoms with van der Waals surface area (Å²) in [6.45, 7) is 0. The number of thiophene rings is 1. The lowest BCUT2D eigenvalue weighted by molar-refractivity contribution is 0.197. The molecule has 0 nitrogen and oxygen atoms in total. The smallest absolute Gasteiger partial charge is 0.00939 e. The van der Waals surface area contributed by atoms with E-state index in [0.717, 1.165) is 11.8 Å². The quantitative estimate of drug-likeness (QED) is 0.718. The monoisotopic (exact) mass is 284 g/mol. The number of alkyl halides is 1. The Hall–Kier alpha value is 0.180. The van der Waals surface area contributed by atoms with Crippen LogP contribution in [-0.4, -0.2) is 5.33 Å². The first-order valence-corrected chi connectivity index (χ1v) is 7.96. The topological polar surface area (TPSA) is 0 Å². The van der Waals surface area contributed by atoms with E-state index in [0.29, 0.717) is 5.41 Å². The van der Waals surface area contributed by atoms with E-state index in [1.165, 1.54) is 37.4 Å². The van der Waals surface area contributed by atoms with Gasteiger partial charge in [-0.1, -0.05) is 22.4 Å². The Kier molecular flexibility index (Phi) is 2.68. The van der Waals surface area contributed by atoms with E-state index in [1.807, 2.05) is 11.3 Å². The molecule has 1 heterocycles. The average molecular weight is 285 g/mol. The Morgan fingerprint density at radius 1 is 1.47 bits per heavy atom. The van der Waals surface area contributed by atoms with Crippen LogP contribution >= 0.6 is 27.3 Å². The van der Waals surface area contributed by atoms with Crippen molar-refractivity contribution in [3.63, 3.8) is 0 Å². The van der Waals surface area contributed by atoms with Gasteiger partial charge in [0.05, 0.1) is 0 Å². The van der Waals surface area contributed by atoms with Gasteiger partial charge in [0, 0.05) is 5.33 Å². The minimum absolute atomic E-state index is 0.601. The largest absolute Gasteiger partial charge is 0.152 e. The van der Waals surface area contributed by atoms with Gasteiger partial charge in [-0.05, 0) is 65.3 Å². The molecule has 15 heavy (non-hydrogen) atoms. The maximum Gasteiger partial charge on any atom is 0.00939 e. The van der Waals surface area contributed by atoms with Gasteiger partial charge in [0.1, 0.15) is 0 Å². The Morgan fingerprint density at radius 3 is 2.93 bits per heavy atom. The minimum atomic E-state index is 0.601. The highest BCUT2D eigenvalue weighted by Gasteiger charge is 2.49. The third-order valence-electron chi connectivity index (χ3n) is 4.50. The number of halogens is 1. The normalized spacial score (nSPS) is 38.7. The molecule has 2 fully saturated rings. The van der Waals surface area contributed by atoms with Crippen LogP contribution in [0.2, 0.25) is 0 Å². The molecule has 0 N–H and O–H groups in total. The summed E-state index contributed by atoms with van der Waals surface area (Å²) in [6, 6.07) is 2.31. The van der Waals surface area contributed by atoms with E-state index in [9.17, 15) is 0 Å². The molecule has 0 spiro atoms. The molecule has 2 heteroatoms. The van der Waals surface area contributed by atoms with E-state index in [4.69, 9.17) is 0 Å². The molecule has 2 aliphatic carbocycles. The minimum Gasteiger partial charge on any atom is -0.152 e. The van der Waals surface area contributed by atoms with Crippen molar-refractivity contribution in [1.29, 1.82) is 0 Å². The van der Waals surface area contributed by atoms with E-state index in [1.54, 1.807) is 5.56 Å². The van der Waals surface area contributed by atoms with Crippen LogP contribution in [0.4, 0.5) is 0 Å². The molecule has 0 aliphatic heterocycles. The average Bonchev–Trinajstić information content (AvgIpc) is 2.93. The van der Waals surface area contributed by atoms with Crippen molar-refractivity contribution in [2.75, 3.05) is 5.33 Å². The van der Waals surface area contributed by atoms with Crippen LogP contribution in [0.3, 0.4) is 0 Å². The predicted molar refractivity (Wildman–Crippen MR) is 69.7 cm³/mol. The SMILES string of the molecule is BrCC1(Cc2ccsc2)CC2CCC1C2. The number of hydrogen-bond donors (Lipinski definition) is 0. The van der Waals surface area contributed by atoms with Gasteiger partial charge in [0.25, 0.3) is 0 Å². The second-order valence-electron chi connectivity index (χ2n) is 5.38. The van der Waals surface area contributed by atoms with Crippen LogP contribution in [0.15, 0.2) is 16.8 Å². The molecule has 3 unspecified atom stereocenters. The molecule has 2 aliphatic rings. The van der Waals surface area contributed by atoms with Crippen molar-refractivity contribution in [2.45, 2.75) is 32.1 Å². The first kappa shape index (κ1) is 10.3. The standard InChI is InChI=1S/C13H17BrS/c14-9-13(7-11-3-4-15-8-11)6-10-1-2-12(13)5-10/h3-4,8,10,12H,1-2,5-7,9H2. The molecule has 3 rings (SSSR count). The van der Waals surface area contributed by atoms with Crippen molar-refractivity contribution in [1.82, 2.24) is 0 Å². The van der Waals surface area contributed by atoms with Gasteiger partial charge in [0.2, 0.25) is 0 Å². The fourth-order valence-corrected chi connectivity index (χ4v) is 5.34. The fourth-order valence-electron chi connectivity index (χ4n) is 3.79. The molecule has 0 saturated heterocycles. The summed E-state index contributed by atoms with van der Waals surface area (Å²) in [4.78, 5) is 0. The summed E-state index contributed by atoms with van der Waals surface area (Å²) in [5, 5.41) is 5.75. The highest BCUT2D eigenvalue weighted by molar-refractivity contribution is 9.09. The summed E-state index contributed by atoms with van der Waals surface area (Å²) < 4.78 is 0. The number of hydrogen-bond acceptors (Lipinski definition) is 1. The van der Waals surface area contributed by atoms with Gasteiger partial charge >= 0.3 is 0 Å². The van der Waals surface area contributed by atoms with Crippen LogP contribution in [0.25, 0.3) is 0 Å². The lowest BCUT2D eigenvalue weighted by Gasteiger charge is -2.36. The van der Waals surface area contributed by atoms with Crippen molar-refractivity contribution in [2.24, 2.45) is 17.3 Å². The molecular weight excluding hydrogens is 268 g/mol. The number of fused-ring (bicyclic) bond motifs is 2. The maximum atomic E-state index is 3.78. The lowest BCUT2D eigenvalue weighted by atomic mass is 9.71. The van der Waals surface area contributed by atoms with E-state index in [-0.39, 0.29) is 0 Å². The van der Waals surface area contributed by atoms with E-state index in [2.05, 4.69) is 32.8 Å². The first-order chi connectivity index (χ1) is 7.32. The highest BCUT2D eigenvalue weighted by atomic mass is 79.9. The molecule has 0 aromatic carbocycles. The van der Waals surface area contributed by atoms with Crippen molar-refractivity contribution < 1.29 is 0 Å². The molecule has 2 saturated carbocycles. The third kappa shape index (κ3) is 1.70. The van der Waals surface area contributed by atoms with Gasteiger partial charge in [0.15, 0.2) is 0 Å². The molecule has 1 aromatic rings. The Labute approximate surface area is 104 Å². The Bertz CT molecular complexity index is 332. The molecule has 0 radical (unpaired) electrons. The summed E-state index contributed by atoms with van der Waals surface area (Å²) in [6.07, 6.45) is 7.28. The van der Waals surface area contributed by atoms with Crippen molar-refractivity contribution in [3.05, 3.63) is 22.4 Å². The summed E-state index contributed by atoms with van der Waals surface area (Å²) in [5.41, 5.74) is 2.16. The van der Waals surface area contributed by atoms with Crippen LogP contribution in [0.5, 0.6) is 0 Å². The van der Waals surface area contributed by atoms with Gasteiger partial charge in [-0.2, -0.15) is 11.3 Å². The summed E-state index contributed by atoms with van der Waals surface area (Å²) >= 11 is 5.62. The first-order valence-electron chi connectivity index (χ1n) is 5.89. The fraction of sp³-hybridized carbons (Fsp3) is 0.692. The van der Waals surface area contributed by atoms with Gasteiger partial charge in [-0.3, -0.25) is 0 Å². The second-order valence-corrected chi connectivity index (χ2v) is 6.73. The molecule has 82 valence electrons. The summed E-state index contributed by atoms with van der Waals surface area (Å²) in [5.74, 6) is 2.05. The Balaban J connectivity index is 1.82. The van der Waals surface area contributed by atoms with Crippen LogP contribution in [0, 0.1) is 17.3 Å². The number of rotatable bonds is 3. The molecule has 0 amide bonds.